The predicted octanol–water partition coefficient (Wildman–Crippen LogP) is 3.28. The number of thiophene rings is 1. The molecule has 1 N–H and O–H groups in total. The van der Waals surface area contributed by atoms with Crippen LogP contribution < -0.4 is 5.32 Å². The predicted molar refractivity (Wildman–Crippen MR) is 71.1 cm³/mol. The number of nitrogens with one attached hydrogen (secondary N) is 1. The van der Waals surface area contributed by atoms with E-state index in [1.54, 1.807) is 11.3 Å². The molecule has 0 saturated heterocycles. The van der Waals surface area contributed by atoms with Crippen molar-refractivity contribution in [2.45, 2.75) is 25.3 Å². The zero-order chi connectivity index (χ0) is 11.6. The highest BCUT2D eigenvalue weighted by Crippen LogP contribution is 2.65. The van der Waals surface area contributed by atoms with Gasteiger partial charge < -0.3 is 5.32 Å². The van der Waals surface area contributed by atoms with Crippen molar-refractivity contribution < 1.29 is 4.79 Å². The second-order valence-corrected chi connectivity index (χ2v) is 7.92. The van der Waals surface area contributed by atoms with Gasteiger partial charge in [-0.2, -0.15) is 0 Å². The van der Waals surface area contributed by atoms with E-state index in [0.29, 0.717) is 6.04 Å². The largest absolute Gasteiger partial charge is 0.349 e. The standard InChI is InChI=1S/C13H14BrNOS/c14-9-4-8(5-17-9)13(16)15-12-10-6-1-2-7(3-6)11(10)12/h4-7,10-12H,1-3H2,(H,15,16). The van der Waals surface area contributed by atoms with Crippen molar-refractivity contribution in [2.24, 2.45) is 23.7 Å². The van der Waals surface area contributed by atoms with Crippen molar-refractivity contribution in [2.75, 3.05) is 0 Å². The molecule has 3 aliphatic carbocycles. The van der Waals surface area contributed by atoms with Crippen molar-refractivity contribution in [1.82, 2.24) is 5.32 Å². The minimum atomic E-state index is 0.116. The molecule has 0 radical (unpaired) electrons. The molecule has 4 unspecified atom stereocenters. The number of hydrogen-bond donors (Lipinski definition) is 1. The molecule has 4 heteroatoms. The third-order valence-electron chi connectivity index (χ3n) is 4.86. The van der Waals surface area contributed by atoms with E-state index in [1.807, 2.05) is 11.4 Å². The summed E-state index contributed by atoms with van der Waals surface area (Å²) in [5.74, 6) is 3.60. The molecule has 1 aromatic rings. The van der Waals surface area contributed by atoms with Gasteiger partial charge in [0, 0.05) is 11.4 Å². The Morgan fingerprint density at radius 2 is 2.06 bits per heavy atom. The first kappa shape index (κ1) is 10.6. The summed E-state index contributed by atoms with van der Waals surface area (Å²) < 4.78 is 1.03. The van der Waals surface area contributed by atoms with E-state index < -0.39 is 0 Å². The van der Waals surface area contributed by atoms with E-state index >= 15 is 0 Å². The molecule has 3 fully saturated rings. The average Bonchev–Trinajstić information content (AvgIpc) is 2.77. The lowest BCUT2D eigenvalue weighted by Gasteiger charge is -2.09. The smallest absolute Gasteiger partial charge is 0.252 e. The lowest BCUT2D eigenvalue weighted by atomic mass is 10.0. The number of carbonyl (C=O) groups excluding carboxylic acids is 1. The SMILES string of the molecule is O=C(NC1C2C3CCC(C3)C12)c1csc(Br)c1. The van der Waals surface area contributed by atoms with Gasteiger partial charge in [0.25, 0.3) is 5.91 Å². The summed E-state index contributed by atoms with van der Waals surface area (Å²) >= 11 is 4.97. The molecule has 1 amide bonds. The normalized spacial score (nSPS) is 41.4. The molecule has 4 rings (SSSR count). The molecule has 1 aromatic heterocycles. The molecule has 0 spiro atoms. The minimum Gasteiger partial charge on any atom is -0.349 e. The zero-order valence-electron chi connectivity index (χ0n) is 9.36. The van der Waals surface area contributed by atoms with Crippen molar-refractivity contribution in [3.63, 3.8) is 0 Å². The van der Waals surface area contributed by atoms with E-state index in [-0.39, 0.29) is 5.91 Å². The third kappa shape index (κ3) is 1.53. The highest BCUT2D eigenvalue weighted by Gasteiger charge is 2.65. The van der Waals surface area contributed by atoms with Gasteiger partial charge in [-0.1, -0.05) is 0 Å². The van der Waals surface area contributed by atoms with Crippen LogP contribution in [-0.4, -0.2) is 11.9 Å². The molecule has 3 aliphatic rings. The maximum atomic E-state index is 12.0. The van der Waals surface area contributed by atoms with E-state index in [0.717, 1.165) is 33.0 Å². The van der Waals surface area contributed by atoms with Crippen molar-refractivity contribution in [1.29, 1.82) is 0 Å². The van der Waals surface area contributed by atoms with E-state index in [2.05, 4.69) is 21.2 Å². The van der Waals surface area contributed by atoms with Gasteiger partial charge in [-0.3, -0.25) is 4.79 Å². The van der Waals surface area contributed by atoms with E-state index in [4.69, 9.17) is 0 Å². The molecule has 2 nitrogen and oxygen atoms in total. The second kappa shape index (κ2) is 3.58. The van der Waals surface area contributed by atoms with Crippen LogP contribution in [0.5, 0.6) is 0 Å². The average molecular weight is 312 g/mol. The van der Waals surface area contributed by atoms with Crippen molar-refractivity contribution in [3.8, 4) is 0 Å². The molecular formula is C13H14BrNOS. The molecule has 90 valence electrons. The van der Waals surface area contributed by atoms with Gasteiger partial charge in [0.15, 0.2) is 0 Å². The van der Waals surface area contributed by atoms with Crippen LogP contribution in [0.3, 0.4) is 0 Å². The van der Waals surface area contributed by atoms with Crippen LogP contribution in [0.15, 0.2) is 15.2 Å². The fraction of sp³-hybridized carbons (Fsp3) is 0.615. The van der Waals surface area contributed by atoms with Gasteiger partial charge >= 0.3 is 0 Å². The van der Waals surface area contributed by atoms with Gasteiger partial charge in [-0.15, -0.1) is 11.3 Å². The lowest BCUT2D eigenvalue weighted by molar-refractivity contribution is 0.0944. The molecule has 0 aromatic carbocycles. The Bertz CT molecular complexity index is 470. The van der Waals surface area contributed by atoms with Crippen LogP contribution in [0, 0.1) is 23.7 Å². The fourth-order valence-corrected chi connectivity index (χ4v) is 5.32. The maximum absolute atomic E-state index is 12.0. The van der Waals surface area contributed by atoms with Crippen LogP contribution in [0.2, 0.25) is 0 Å². The Hall–Kier alpha value is -0.350. The summed E-state index contributed by atoms with van der Waals surface area (Å²) in [5.41, 5.74) is 0.805. The number of halogens is 1. The molecule has 0 aliphatic heterocycles. The minimum absolute atomic E-state index is 0.116. The van der Waals surface area contributed by atoms with Crippen molar-refractivity contribution >= 4 is 33.2 Å². The first-order chi connectivity index (χ1) is 8.24. The molecule has 4 atom stereocenters. The van der Waals surface area contributed by atoms with Gasteiger partial charge in [0.05, 0.1) is 9.35 Å². The fourth-order valence-electron chi connectivity index (χ4n) is 4.18. The van der Waals surface area contributed by atoms with Gasteiger partial charge in [0.2, 0.25) is 0 Å². The topological polar surface area (TPSA) is 29.1 Å². The number of rotatable bonds is 2. The Morgan fingerprint density at radius 3 is 2.65 bits per heavy atom. The van der Waals surface area contributed by atoms with E-state index in [1.165, 1.54) is 19.3 Å². The van der Waals surface area contributed by atoms with E-state index in [9.17, 15) is 4.79 Å². The summed E-state index contributed by atoms with van der Waals surface area (Å²) in [4.78, 5) is 12.0. The maximum Gasteiger partial charge on any atom is 0.252 e. The lowest BCUT2D eigenvalue weighted by Crippen LogP contribution is -2.29. The third-order valence-corrected chi connectivity index (χ3v) is 6.37. The van der Waals surface area contributed by atoms with Crippen LogP contribution in [0.4, 0.5) is 0 Å². The van der Waals surface area contributed by atoms with Gasteiger partial charge in [-0.25, -0.2) is 0 Å². The summed E-state index contributed by atoms with van der Waals surface area (Å²) in [5, 5.41) is 5.16. The molecule has 2 bridgehead atoms. The summed E-state index contributed by atoms with van der Waals surface area (Å²) in [7, 11) is 0. The Labute approximate surface area is 113 Å². The summed E-state index contributed by atoms with van der Waals surface area (Å²) in [6, 6.07) is 2.40. The number of amides is 1. The summed E-state index contributed by atoms with van der Waals surface area (Å²) in [6.07, 6.45) is 4.25. The van der Waals surface area contributed by atoms with Crippen LogP contribution in [-0.2, 0) is 0 Å². The molecule has 17 heavy (non-hydrogen) atoms. The first-order valence-corrected chi connectivity index (χ1v) is 7.96. The number of hydrogen-bond acceptors (Lipinski definition) is 2. The Morgan fingerprint density at radius 1 is 1.35 bits per heavy atom. The van der Waals surface area contributed by atoms with Crippen LogP contribution in [0.25, 0.3) is 0 Å². The zero-order valence-corrected chi connectivity index (χ0v) is 11.8. The molecule has 1 heterocycles. The van der Waals surface area contributed by atoms with Gasteiger partial charge in [0.1, 0.15) is 0 Å². The first-order valence-electron chi connectivity index (χ1n) is 6.29. The second-order valence-electron chi connectivity index (χ2n) is 5.63. The quantitative estimate of drug-likeness (QED) is 0.892. The number of fused-ring (bicyclic) bond motifs is 5. The highest BCUT2D eigenvalue weighted by molar-refractivity contribution is 9.11. The molecular weight excluding hydrogens is 298 g/mol. The van der Waals surface area contributed by atoms with Crippen LogP contribution in [0.1, 0.15) is 29.6 Å². The molecule has 3 saturated carbocycles. The monoisotopic (exact) mass is 311 g/mol. The highest BCUT2D eigenvalue weighted by atomic mass is 79.9. The number of carbonyl (C=O) groups is 1. The van der Waals surface area contributed by atoms with Crippen LogP contribution >= 0.6 is 27.3 Å². The van der Waals surface area contributed by atoms with Gasteiger partial charge in [-0.05, 0) is 64.9 Å². The van der Waals surface area contributed by atoms with Crippen molar-refractivity contribution in [3.05, 3.63) is 20.8 Å². The summed E-state index contributed by atoms with van der Waals surface area (Å²) in [6.45, 7) is 0. The Kier molecular flexibility index (Phi) is 2.22. The Balaban J connectivity index is 1.45.